The van der Waals surface area contributed by atoms with Crippen LogP contribution in [0.2, 0.25) is 0 Å². The fourth-order valence-electron chi connectivity index (χ4n) is 1.38. The molecule has 4 nitrogen and oxygen atoms in total. The summed E-state index contributed by atoms with van der Waals surface area (Å²) in [5.74, 6) is 0.798. The Morgan fingerprint density at radius 2 is 2.00 bits per heavy atom. The molecule has 16 heavy (non-hydrogen) atoms. The Labute approximate surface area is 94.8 Å². The lowest BCUT2D eigenvalue weighted by molar-refractivity contribution is 1.01. The summed E-state index contributed by atoms with van der Waals surface area (Å²) >= 11 is 0. The van der Waals surface area contributed by atoms with Crippen molar-refractivity contribution in [3.05, 3.63) is 36.2 Å². The molecule has 0 radical (unpaired) electrons. The number of rotatable bonds is 3. The van der Waals surface area contributed by atoms with Gasteiger partial charge in [-0.3, -0.25) is 4.98 Å². The summed E-state index contributed by atoms with van der Waals surface area (Å²) in [5, 5.41) is 11.3. The van der Waals surface area contributed by atoms with Crippen LogP contribution in [0.5, 0.6) is 0 Å². The molecule has 0 saturated carbocycles. The van der Waals surface area contributed by atoms with E-state index in [1.54, 1.807) is 0 Å². The van der Waals surface area contributed by atoms with Crippen molar-refractivity contribution in [2.45, 2.75) is 13.8 Å². The molecule has 0 bridgehead atoms. The molecule has 0 aliphatic carbocycles. The van der Waals surface area contributed by atoms with E-state index in [-0.39, 0.29) is 0 Å². The van der Waals surface area contributed by atoms with Gasteiger partial charge in [0, 0.05) is 24.0 Å². The Morgan fingerprint density at radius 3 is 2.56 bits per heavy atom. The molecule has 0 unspecified atom stereocenters. The van der Waals surface area contributed by atoms with Gasteiger partial charge in [0.25, 0.3) is 0 Å². The molecule has 0 aromatic carbocycles. The van der Waals surface area contributed by atoms with Gasteiger partial charge in [0.15, 0.2) is 0 Å². The Balaban J connectivity index is 2.24. The number of hydrogen-bond acceptors (Lipinski definition) is 4. The maximum Gasteiger partial charge on any atom is 0.148 e. The standard InChI is InChI=1S/C12H14N4/c1-3-13-12-7-6-11(15-16-12)10-5-4-9(2)14-8-10/h4-8H,3H2,1-2H3,(H,13,16). The summed E-state index contributed by atoms with van der Waals surface area (Å²) in [6, 6.07) is 7.83. The zero-order valence-electron chi connectivity index (χ0n) is 9.44. The van der Waals surface area contributed by atoms with Crippen molar-refractivity contribution < 1.29 is 0 Å². The Bertz CT molecular complexity index is 447. The van der Waals surface area contributed by atoms with Gasteiger partial charge in [0.05, 0.1) is 5.69 Å². The average molecular weight is 214 g/mol. The molecule has 2 heterocycles. The number of aromatic nitrogens is 3. The van der Waals surface area contributed by atoms with Crippen molar-refractivity contribution in [3.63, 3.8) is 0 Å². The second kappa shape index (κ2) is 4.70. The minimum absolute atomic E-state index is 0.798. The van der Waals surface area contributed by atoms with Crippen LogP contribution < -0.4 is 5.32 Å². The molecule has 0 aliphatic rings. The number of hydrogen-bond donors (Lipinski definition) is 1. The topological polar surface area (TPSA) is 50.7 Å². The van der Waals surface area contributed by atoms with E-state index in [4.69, 9.17) is 0 Å². The molecule has 4 heteroatoms. The summed E-state index contributed by atoms with van der Waals surface area (Å²) in [6.45, 7) is 4.84. The summed E-state index contributed by atoms with van der Waals surface area (Å²) in [5.41, 5.74) is 2.83. The van der Waals surface area contributed by atoms with E-state index >= 15 is 0 Å². The largest absolute Gasteiger partial charge is 0.369 e. The normalized spacial score (nSPS) is 10.1. The van der Waals surface area contributed by atoms with Crippen molar-refractivity contribution in [1.82, 2.24) is 15.2 Å². The highest BCUT2D eigenvalue weighted by molar-refractivity contribution is 5.58. The van der Waals surface area contributed by atoms with Crippen molar-refractivity contribution >= 4 is 5.82 Å². The minimum Gasteiger partial charge on any atom is -0.369 e. The Morgan fingerprint density at radius 1 is 1.12 bits per heavy atom. The SMILES string of the molecule is CCNc1ccc(-c2ccc(C)nc2)nn1. The average Bonchev–Trinajstić information content (AvgIpc) is 2.32. The van der Waals surface area contributed by atoms with E-state index in [0.717, 1.165) is 29.3 Å². The third-order valence-corrected chi connectivity index (χ3v) is 2.23. The summed E-state index contributed by atoms with van der Waals surface area (Å²) < 4.78 is 0. The third kappa shape index (κ3) is 2.34. The predicted octanol–water partition coefficient (Wildman–Crippen LogP) is 2.28. The minimum atomic E-state index is 0.798. The van der Waals surface area contributed by atoms with Crippen LogP contribution in [0.3, 0.4) is 0 Å². The highest BCUT2D eigenvalue weighted by atomic mass is 15.2. The molecular weight excluding hydrogens is 200 g/mol. The van der Waals surface area contributed by atoms with Crippen molar-refractivity contribution in [1.29, 1.82) is 0 Å². The molecule has 2 aromatic rings. The van der Waals surface area contributed by atoms with E-state index in [0.29, 0.717) is 0 Å². The third-order valence-electron chi connectivity index (χ3n) is 2.23. The molecule has 0 aliphatic heterocycles. The van der Waals surface area contributed by atoms with Gasteiger partial charge in [0.2, 0.25) is 0 Å². The molecule has 0 saturated heterocycles. The van der Waals surface area contributed by atoms with Gasteiger partial charge >= 0.3 is 0 Å². The molecular formula is C12H14N4. The molecule has 0 atom stereocenters. The van der Waals surface area contributed by atoms with Crippen LogP contribution in [0.1, 0.15) is 12.6 Å². The van der Waals surface area contributed by atoms with E-state index in [1.807, 2.05) is 44.3 Å². The first-order chi connectivity index (χ1) is 7.79. The highest BCUT2D eigenvalue weighted by Gasteiger charge is 2.00. The monoisotopic (exact) mass is 214 g/mol. The van der Waals surface area contributed by atoms with Crippen molar-refractivity contribution in [2.24, 2.45) is 0 Å². The van der Waals surface area contributed by atoms with Gasteiger partial charge in [-0.25, -0.2) is 0 Å². The van der Waals surface area contributed by atoms with E-state index < -0.39 is 0 Å². The molecule has 2 rings (SSSR count). The highest BCUT2D eigenvalue weighted by Crippen LogP contribution is 2.15. The van der Waals surface area contributed by atoms with Gasteiger partial charge in [0.1, 0.15) is 5.82 Å². The first-order valence-electron chi connectivity index (χ1n) is 5.30. The fourth-order valence-corrected chi connectivity index (χ4v) is 1.38. The molecule has 1 N–H and O–H groups in total. The lowest BCUT2D eigenvalue weighted by Crippen LogP contribution is -2.00. The Hall–Kier alpha value is -1.97. The summed E-state index contributed by atoms with van der Waals surface area (Å²) in [4.78, 5) is 4.23. The first-order valence-corrected chi connectivity index (χ1v) is 5.30. The number of nitrogens with zero attached hydrogens (tertiary/aromatic N) is 3. The fraction of sp³-hybridized carbons (Fsp3) is 0.250. The van der Waals surface area contributed by atoms with Crippen LogP contribution in [-0.4, -0.2) is 21.7 Å². The van der Waals surface area contributed by atoms with Gasteiger partial charge in [-0.2, -0.15) is 0 Å². The summed E-state index contributed by atoms with van der Waals surface area (Å²) in [6.07, 6.45) is 1.81. The van der Waals surface area contributed by atoms with Gasteiger partial charge in [-0.1, -0.05) is 0 Å². The van der Waals surface area contributed by atoms with Crippen LogP contribution in [0.4, 0.5) is 5.82 Å². The molecule has 2 aromatic heterocycles. The van der Waals surface area contributed by atoms with E-state index in [9.17, 15) is 0 Å². The number of aryl methyl sites for hydroxylation is 1. The van der Waals surface area contributed by atoms with Gasteiger partial charge < -0.3 is 5.32 Å². The molecule has 0 spiro atoms. The van der Waals surface area contributed by atoms with Crippen LogP contribution in [0.25, 0.3) is 11.3 Å². The van der Waals surface area contributed by atoms with Crippen LogP contribution >= 0.6 is 0 Å². The number of nitrogens with one attached hydrogen (secondary N) is 1. The van der Waals surface area contributed by atoms with Crippen LogP contribution in [-0.2, 0) is 0 Å². The predicted molar refractivity (Wildman–Crippen MR) is 64.2 cm³/mol. The lowest BCUT2D eigenvalue weighted by atomic mass is 10.2. The number of pyridine rings is 1. The molecule has 0 amide bonds. The smallest absolute Gasteiger partial charge is 0.148 e. The zero-order valence-corrected chi connectivity index (χ0v) is 9.44. The quantitative estimate of drug-likeness (QED) is 0.851. The van der Waals surface area contributed by atoms with Crippen molar-refractivity contribution in [3.8, 4) is 11.3 Å². The van der Waals surface area contributed by atoms with Crippen molar-refractivity contribution in [2.75, 3.05) is 11.9 Å². The molecule has 82 valence electrons. The maximum atomic E-state index is 4.23. The van der Waals surface area contributed by atoms with Gasteiger partial charge in [-0.05, 0) is 38.1 Å². The first kappa shape index (κ1) is 10.5. The Kier molecular flexibility index (Phi) is 3.10. The maximum absolute atomic E-state index is 4.23. The van der Waals surface area contributed by atoms with Crippen LogP contribution in [0, 0.1) is 6.92 Å². The second-order valence-electron chi connectivity index (χ2n) is 3.52. The number of anilines is 1. The van der Waals surface area contributed by atoms with E-state index in [2.05, 4.69) is 20.5 Å². The molecule has 0 fully saturated rings. The van der Waals surface area contributed by atoms with Crippen LogP contribution in [0.15, 0.2) is 30.5 Å². The van der Waals surface area contributed by atoms with E-state index in [1.165, 1.54) is 0 Å². The van der Waals surface area contributed by atoms with Gasteiger partial charge in [-0.15, -0.1) is 10.2 Å². The zero-order chi connectivity index (χ0) is 11.4. The second-order valence-corrected chi connectivity index (χ2v) is 3.52. The lowest BCUT2D eigenvalue weighted by Gasteiger charge is -2.03. The summed E-state index contributed by atoms with van der Waals surface area (Å²) in [7, 11) is 0.